The maximum atomic E-state index is 14.0. The van der Waals surface area contributed by atoms with Gasteiger partial charge in [-0.1, -0.05) is 30.3 Å². The first kappa shape index (κ1) is 25.8. The summed E-state index contributed by atoms with van der Waals surface area (Å²) in [5.74, 6) is -0.816. The minimum Gasteiger partial charge on any atom is -0.340 e. The van der Waals surface area contributed by atoms with Gasteiger partial charge in [-0.3, -0.25) is 9.59 Å². The molecule has 0 spiro atoms. The molecule has 1 atom stereocenters. The number of amides is 2. The standard InChI is InChI=1S/C25H32FN3O4S/c1-18-9-10-19(2)23(17-18)34(32,33)29-15-13-28(14-16-29)25(31)12-11-24(30)27(4)20(3)21-7-5-6-8-22(21)26/h5-10,17,20H,11-16H2,1-4H3. The number of carbonyl (C=O) groups excluding carboxylic acids is 2. The second-order valence-electron chi connectivity index (χ2n) is 8.76. The fourth-order valence-electron chi connectivity index (χ4n) is 4.09. The van der Waals surface area contributed by atoms with Crippen LogP contribution >= 0.6 is 0 Å². The summed E-state index contributed by atoms with van der Waals surface area (Å²) in [6.45, 7) is 6.34. The smallest absolute Gasteiger partial charge is 0.243 e. The van der Waals surface area contributed by atoms with Gasteiger partial charge in [0.15, 0.2) is 0 Å². The van der Waals surface area contributed by atoms with Crippen molar-refractivity contribution in [1.82, 2.24) is 14.1 Å². The van der Waals surface area contributed by atoms with Gasteiger partial charge >= 0.3 is 0 Å². The van der Waals surface area contributed by atoms with Gasteiger partial charge in [-0.15, -0.1) is 0 Å². The molecular weight excluding hydrogens is 457 g/mol. The summed E-state index contributed by atoms with van der Waals surface area (Å²) in [6.07, 6.45) is 0.0338. The molecule has 0 aliphatic carbocycles. The predicted octanol–water partition coefficient (Wildman–Crippen LogP) is 3.28. The number of benzene rings is 2. The monoisotopic (exact) mass is 489 g/mol. The molecule has 7 nitrogen and oxygen atoms in total. The van der Waals surface area contributed by atoms with Crippen LogP contribution in [0.15, 0.2) is 47.4 Å². The molecule has 1 fully saturated rings. The number of carbonyl (C=O) groups is 2. The van der Waals surface area contributed by atoms with E-state index >= 15 is 0 Å². The second kappa shape index (κ2) is 10.7. The van der Waals surface area contributed by atoms with Gasteiger partial charge in [0.05, 0.1) is 10.9 Å². The highest BCUT2D eigenvalue weighted by Gasteiger charge is 2.31. The highest BCUT2D eigenvalue weighted by atomic mass is 32.2. The summed E-state index contributed by atoms with van der Waals surface area (Å²) in [4.78, 5) is 28.6. The van der Waals surface area contributed by atoms with E-state index in [0.29, 0.717) is 16.0 Å². The SMILES string of the molecule is Cc1ccc(C)c(S(=O)(=O)N2CCN(C(=O)CCC(=O)N(C)C(C)c3ccccc3F)CC2)c1. The zero-order valence-electron chi connectivity index (χ0n) is 20.1. The van der Waals surface area contributed by atoms with Crippen LogP contribution in [-0.2, 0) is 19.6 Å². The van der Waals surface area contributed by atoms with E-state index in [1.165, 1.54) is 15.3 Å². The van der Waals surface area contributed by atoms with Crippen LogP contribution in [0.25, 0.3) is 0 Å². The Balaban J connectivity index is 1.53. The Kier molecular flexibility index (Phi) is 8.09. The molecule has 34 heavy (non-hydrogen) atoms. The van der Waals surface area contributed by atoms with Crippen molar-refractivity contribution in [1.29, 1.82) is 0 Å². The molecule has 9 heteroatoms. The van der Waals surface area contributed by atoms with Gasteiger partial charge < -0.3 is 9.80 Å². The highest BCUT2D eigenvalue weighted by Crippen LogP contribution is 2.24. The van der Waals surface area contributed by atoms with E-state index < -0.39 is 16.1 Å². The highest BCUT2D eigenvalue weighted by molar-refractivity contribution is 7.89. The first-order valence-corrected chi connectivity index (χ1v) is 12.8. The molecule has 3 rings (SSSR count). The molecule has 0 radical (unpaired) electrons. The number of sulfonamides is 1. The third-order valence-electron chi connectivity index (χ3n) is 6.44. The Morgan fingerprint density at radius 1 is 1.03 bits per heavy atom. The lowest BCUT2D eigenvalue weighted by atomic mass is 10.1. The third-order valence-corrected chi connectivity index (χ3v) is 8.48. The average molecular weight is 490 g/mol. The topological polar surface area (TPSA) is 78.0 Å². The molecule has 184 valence electrons. The van der Waals surface area contributed by atoms with Crippen molar-refractivity contribution >= 4 is 21.8 Å². The van der Waals surface area contributed by atoms with E-state index in [-0.39, 0.29) is 56.7 Å². The molecule has 1 saturated heterocycles. The molecule has 1 heterocycles. The van der Waals surface area contributed by atoms with E-state index in [2.05, 4.69) is 0 Å². The summed E-state index contributed by atoms with van der Waals surface area (Å²) < 4.78 is 41.6. The Hall–Kier alpha value is -2.78. The van der Waals surface area contributed by atoms with Crippen molar-refractivity contribution in [2.24, 2.45) is 0 Å². The Bertz CT molecular complexity index is 1160. The number of aryl methyl sites for hydroxylation is 2. The number of rotatable bonds is 7. The van der Waals surface area contributed by atoms with E-state index in [4.69, 9.17) is 0 Å². The zero-order valence-corrected chi connectivity index (χ0v) is 20.9. The van der Waals surface area contributed by atoms with E-state index in [9.17, 15) is 22.4 Å². The summed E-state index contributed by atoms with van der Waals surface area (Å²) in [7, 11) is -2.04. The van der Waals surface area contributed by atoms with Crippen molar-refractivity contribution < 1.29 is 22.4 Å². The molecule has 2 amide bonds. The Morgan fingerprint density at radius 3 is 2.32 bits per heavy atom. The lowest BCUT2D eigenvalue weighted by Gasteiger charge is -2.34. The Labute approximate surface area is 201 Å². The summed E-state index contributed by atoms with van der Waals surface area (Å²) in [5.41, 5.74) is 1.99. The van der Waals surface area contributed by atoms with Crippen LogP contribution in [-0.4, -0.2) is 67.6 Å². The first-order valence-electron chi connectivity index (χ1n) is 11.4. The quantitative estimate of drug-likeness (QED) is 0.598. The minimum absolute atomic E-state index is 0.00905. The predicted molar refractivity (Wildman–Crippen MR) is 128 cm³/mol. The lowest BCUT2D eigenvalue weighted by molar-refractivity contribution is -0.138. The number of halogens is 1. The van der Waals surface area contributed by atoms with E-state index in [0.717, 1.165) is 5.56 Å². The van der Waals surface area contributed by atoms with E-state index in [1.54, 1.807) is 56.1 Å². The number of piperazine rings is 1. The second-order valence-corrected chi connectivity index (χ2v) is 10.7. The van der Waals surface area contributed by atoms with Gasteiger partial charge in [-0.2, -0.15) is 4.31 Å². The average Bonchev–Trinajstić information content (AvgIpc) is 2.83. The maximum absolute atomic E-state index is 14.0. The fraction of sp³-hybridized carbons (Fsp3) is 0.440. The van der Waals surface area contributed by atoms with Gasteiger partial charge in [0.25, 0.3) is 0 Å². The molecule has 2 aromatic carbocycles. The van der Waals surface area contributed by atoms with Crippen LogP contribution in [0.2, 0.25) is 0 Å². The maximum Gasteiger partial charge on any atom is 0.243 e. The van der Waals surface area contributed by atoms with Crippen molar-refractivity contribution in [3.8, 4) is 0 Å². The van der Waals surface area contributed by atoms with Gasteiger partial charge in [-0.05, 0) is 44.0 Å². The van der Waals surface area contributed by atoms with Crippen LogP contribution in [0, 0.1) is 19.7 Å². The van der Waals surface area contributed by atoms with Crippen molar-refractivity contribution in [3.63, 3.8) is 0 Å². The van der Waals surface area contributed by atoms with Crippen LogP contribution in [0.1, 0.15) is 42.5 Å². The normalized spacial score (nSPS) is 15.7. The molecular formula is C25H32FN3O4S. The van der Waals surface area contributed by atoms with Gasteiger partial charge in [0, 0.05) is 51.6 Å². The molecule has 0 bridgehead atoms. The van der Waals surface area contributed by atoms with Crippen LogP contribution in [0.5, 0.6) is 0 Å². The summed E-state index contributed by atoms with van der Waals surface area (Å²) in [6, 6.07) is 11.2. The van der Waals surface area contributed by atoms with Gasteiger partial charge in [0.2, 0.25) is 21.8 Å². The lowest BCUT2D eigenvalue weighted by Crippen LogP contribution is -2.50. The molecule has 0 saturated carbocycles. The fourth-order valence-corrected chi connectivity index (χ4v) is 5.82. The third kappa shape index (κ3) is 5.64. The zero-order chi connectivity index (χ0) is 25.0. The largest absolute Gasteiger partial charge is 0.340 e. The van der Waals surface area contributed by atoms with E-state index in [1.807, 2.05) is 13.0 Å². The van der Waals surface area contributed by atoms with Crippen molar-refractivity contribution in [2.45, 2.75) is 44.6 Å². The van der Waals surface area contributed by atoms with Gasteiger partial charge in [-0.25, -0.2) is 12.8 Å². The number of hydrogen-bond acceptors (Lipinski definition) is 4. The van der Waals surface area contributed by atoms with Crippen LogP contribution in [0.4, 0.5) is 4.39 Å². The van der Waals surface area contributed by atoms with Crippen LogP contribution < -0.4 is 0 Å². The number of nitrogens with zero attached hydrogens (tertiary/aromatic N) is 3. The van der Waals surface area contributed by atoms with Gasteiger partial charge in [0.1, 0.15) is 5.82 Å². The first-order chi connectivity index (χ1) is 16.0. The molecule has 1 aliphatic rings. The number of hydrogen-bond donors (Lipinski definition) is 0. The molecule has 2 aromatic rings. The molecule has 1 unspecified atom stereocenters. The molecule has 0 N–H and O–H groups in total. The Morgan fingerprint density at radius 2 is 1.68 bits per heavy atom. The molecule has 0 aromatic heterocycles. The summed E-state index contributed by atoms with van der Waals surface area (Å²) in [5, 5.41) is 0. The van der Waals surface area contributed by atoms with Crippen LogP contribution in [0.3, 0.4) is 0 Å². The minimum atomic E-state index is -3.64. The van der Waals surface area contributed by atoms with Crippen molar-refractivity contribution in [3.05, 3.63) is 65.0 Å². The molecule has 1 aliphatic heterocycles. The summed E-state index contributed by atoms with van der Waals surface area (Å²) >= 11 is 0. The van der Waals surface area contributed by atoms with Crippen molar-refractivity contribution in [2.75, 3.05) is 33.2 Å².